The smallest absolute Gasteiger partial charge is 0.166 e. The molecule has 0 aliphatic carbocycles. The van der Waals surface area contributed by atoms with Crippen LogP contribution >= 0.6 is 44.3 Å². The number of Topliss-reactive ketones (excluding diaryl/α,β-unsaturated/α-hetero) is 1. The number of halogens is 3. The molecule has 2 aromatic carbocycles. The summed E-state index contributed by atoms with van der Waals surface area (Å²) in [5.74, 6) is 0.146. The first-order valence-corrected chi connectivity index (χ1v) is 11.9. The van der Waals surface area contributed by atoms with Gasteiger partial charge in [0.1, 0.15) is 0 Å². The summed E-state index contributed by atoms with van der Waals surface area (Å²) in [6.07, 6.45) is 4.79. The SMILES string of the molecule is Cc1cc(Br)ccc1CCC(=O)c1cnn(C(C)(C)C)c1.Cc1cc(Br)ccc1CN.Cl. The van der Waals surface area contributed by atoms with Crippen molar-refractivity contribution in [3.63, 3.8) is 0 Å². The van der Waals surface area contributed by atoms with Crippen LogP contribution in [0.5, 0.6) is 0 Å². The van der Waals surface area contributed by atoms with Crippen molar-refractivity contribution in [1.29, 1.82) is 0 Å². The van der Waals surface area contributed by atoms with E-state index in [4.69, 9.17) is 5.73 Å². The Labute approximate surface area is 214 Å². The van der Waals surface area contributed by atoms with Gasteiger partial charge in [-0.1, -0.05) is 44.0 Å². The minimum Gasteiger partial charge on any atom is -0.326 e. The summed E-state index contributed by atoms with van der Waals surface area (Å²) in [4.78, 5) is 12.3. The van der Waals surface area contributed by atoms with Gasteiger partial charge in [-0.25, -0.2) is 0 Å². The minimum atomic E-state index is -0.0964. The fourth-order valence-electron chi connectivity index (χ4n) is 3.05. The van der Waals surface area contributed by atoms with E-state index < -0.39 is 0 Å². The molecular weight excluding hydrogens is 554 g/mol. The number of rotatable bonds is 5. The Bertz CT molecular complexity index is 1040. The summed E-state index contributed by atoms with van der Waals surface area (Å²) in [5, 5.41) is 4.28. The van der Waals surface area contributed by atoms with Crippen LogP contribution < -0.4 is 5.73 Å². The molecule has 0 unspecified atom stereocenters. The van der Waals surface area contributed by atoms with Crippen LogP contribution in [0, 0.1) is 13.8 Å². The third kappa shape index (κ3) is 8.47. The maximum atomic E-state index is 12.3. The third-order valence-corrected chi connectivity index (χ3v) is 6.03. The summed E-state index contributed by atoms with van der Waals surface area (Å²) < 4.78 is 4.02. The highest BCUT2D eigenvalue weighted by Gasteiger charge is 2.16. The van der Waals surface area contributed by atoms with Crippen LogP contribution in [0.3, 0.4) is 0 Å². The molecule has 0 aliphatic rings. The molecule has 4 nitrogen and oxygen atoms in total. The molecule has 1 heterocycles. The number of ketones is 1. The summed E-state index contributed by atoms with van der Waals surface area (Å²) in [5.41, 5.74) is 11.0. The number of carbonyl (C=O) groups is 1. The lowest BCUT2D eigenvalue weighted by Crippen LogP contribution is -2.22. The number of carbonyl (C=O) groups excluding carboxylic acids is 1. The molecular formula is C25H32Br2ClN3O. The highest BCUT2D eigenvalue weighted by atomic mass is 79.9. The molecule has 0 spiro atoms. The van der Waals surface area contributed by atoms with E-state index in [1.807, 2.05) is 29.1 Å². The van der Waals surface area contributed by atoms with Crippen molar-refractivity contribution >= 4 is 50.1 Å². The van der Waals surface area contributed by atoms with Crippen LogP contribution in [0.1, 0.15) is 59.8 Å². The molecule has 0 radical (unpaired) electrons. The molecule has 0 saturated carbocycles. The van der Waals surface area contributed by atoms with E-state index in [2.05, 4.69) is 89.8 Å². The normalized spacial score (nSPS) is 10.8. The number of aromatic nitrogens is 2. The number of hydrogen-bond donors (Lipinski definition) is 1. The first-order valence-electron chi connectivity index (χ1n) is 10.3. The molecule has 32 heavy (non-hydrogen) atoms. The molecule has 0 aliphatic heterocycles. The number of hydrogen-bond acceptors (Lipinski definition) is 3. The maximum absolute atomic E-state index is 12.3. The van der Waals surface area contributed by atoms with Gasteiger partial charge in [-0.2, -0.15) is 5.10 Å². The highest BCUT2D eigenvalue weighted by Crippen LogP contribution is 2.19. The van der Waals surface area contributed by atoms with E-state index >= 15 is 0 Å². The second-order valence-electron chi connectivity index (χ2n) is 8.61. The summed E-state index contributed by atoms with van der Waals surface area (Å²) in [7, 11) is 0. The average Bonchev–Trinajstić information content (AvgIpc) is 3.19. The quantitative estimate of drug-likeness (QED) is 0.323. The van der Waals surface area contributed by atoms with Crippen molar-refractivity contribution in [1.82, 2.24) is 9.78 Å². The molecule has 3 aromatic rings. The van der Waals surface area contributed by atoms with Gasteiger partial charge >= 0.3 is 0 Å². The van der Waals surface area contributed by atoms with Crippen molar-refractivity contribution in [3.05, 3.63) is 85.6 Å². The van der Waals surface area contributed by atoms with Crippen LogP contribution in [0.2, 0.25) is 0 Å². The van der Waals surface area contributed by atoms with Crippen LogP contribution in [0.4, 0.5) is 0 Å². The average molecular weight is 586 g/mol. The molecule has 7 heteroatoms. The zero-order valence-electron chi connectivity index (χ0n) is 19.3. The van der Waals surface area contributed by atoms with E-state index in [0.717, 1.165) is 15.4 Å². The van der Waals surface area contributed by atoms with Gasteiger partial charge in [0.25, 0.3) is 0 Å². The predicted molar refractivity (Wildman–Crippen MR) is 143 cm³/mol. The second-order valence-corrected chi connectivity index (χ2v) is 10.4. The number of nitrogens with two attached hydrogens (primary N) is 1. The monoisotopic (exact) mass is 583 g/mol. The summed E-state index contributed by atoms with van der Waals surface area (Å²) in [6, 6.07) is 12.3. The van der Waals surface area contributed by atoms with Crippen LogP contribution in [-0.2, 0) is 18.5 Å². The van der Waals surface area contributed by atoms with Crippen LogP contribution in [0.15, 0.2) is 57.7 Å². The van der Waals surface area contributed by atoms with E-state index in [1.165, 1.54) is 22.3 Å². The molecule has 0 fully saturated rings. The largest absolute Gasteiger partial charge is 0.326 e. The van der Waals surface area contributed by atoms with Gasteiger partial charge in [-0.05, 0) is 87.6 Å². The molecule has 0 amide bonds. The summed E-state index contributed by atoms with van der Waals surface area (Å²) in [6.45, 7) is 11.0. The van der Waals surface area contributed by atoms with Gasteiger partial charge in [0.2, 0.25) is 0 Å². The fraction of sp³-hybridized carbons (Fsp3) is 0.360. The van der Waals surface area contributed by atoms with E-state index in [1.54, 1.807) is 6.20 Å². The summed E-state index contributed by atoms with van der Waals surface area (Å²) >= 11 is 6.84. The van der Waals surface area contributed by atoms with Crippen molar-refractivity contribution in [3.8, 4) is 0 Å². The van der Waals surface area contributed by atoms with Gasteiger partial charge < -0.3 is 5.73 Å². The molecule has 1 aromatic heterocycles. The fourth-order valence-corrected chi connectivity index (χ4v) is 4.01. The van der Waals surface area contributed by atoms with Crippen molar-refractivity contribution in [2.75, 3.05) is 0 Å². The van der Waals surface area contributed by atoms with E-state index in [-0.39, 0.29) is 23.7 Å². The zero-order chi connectivity index (χ0) is 23.2. The van der Waals surface area contributed by atoms with E-state index in [0.29, 0.717) is 18.5 Å². The lowest BCUT2D eigenvalue weighted by atomic mass is 10.0. The Hall–Kier alpha value is -1.47. The molecule has 0 atom stereocenters. The number of benzene rings is 2. The third-order valence-electron chi connectivity index (χ3n) is 5.04. The first-order chi connectivity index (χ1) is 14.5. The van der Waals surface area contributed by atoms with Gasteiger partial charge in [-0.15, -0.1) is 12.4 Å². The predicted octanol–water partition coefficient (Wildman–Crippen LogP) is 7.16. The van der Waals surface area contributed by atoms with Crippen molar-refractivity contribution in [2.24, 2.45) is 5.73 Å². The lowest BCUT2D eigenvalue weighted by molar-refractivity contribution is 0.0982. The highest BCUT2D eigenvalue weighted by molar-refractivity contribution is 9.10. The Kier molecular flexibility index (Phi) is 11.3. The molecule has 3 rings (SSSR count). The zero-order valence-corrected chi connectivity index (χ0v) is 23.3. The van der Waals surface area contributed by atoms with Crippen LogP contribution in [0.25, 0.3) is 0 Å². The van der Waals surface area contributed by atoms with E-state index in [9.17, 15) is 4.79 Å². The van der Waals surface area contributed by atoms with Gasteiger partial charge in [0.15, 0.2) is 5.78 Å². The van der Waals surface area contributed by atoms with Crippen molar-refractivity contribution in [2.45, 2.75) is 59.5 Å². The van der Waals surface area contributed by atoms with Crippen LogP contribution in [-0.4, -0.2) is 15.6 Å². The Morgan fingerprint density at radius 1 is 1.00 bits per heavy atom. The molecule has 0 saturated heterocycles. The topological polar surface area (TPSA) is 60.9 Å². The first kappa shape index (κ1) is 28.6. The molecule has 0 bridgehead atoms. The Morgan fingerprint density at radius 3 is 1.97 bits per heavy atom. The minimum absolute atomic E-state index is 0. The number of aryl methyl sites for hydroxylation is 3. The second kappa shape index (κ2) is 12.7. The standard InChI is InChI=1S/C17H21BrN2O.C8H10BrN.ClH/c1-12-9-15(18)7-5-13(12)6-8-16(21)14-10-19-20(11-14)17(2,3)4;1-6-4-8(9)3-2-7(6)5-10;/h5,7,9-11H,6,8H2,1-4H3;2-4H,5,10H2,1H3;1H. The van der Waals surface area contributed by atoms with Gasteiger partial charge in [0, 0.05) is 28.1 Å². The van der Waals surface area contributed by atoms with Gasteiger partial charge in [0.05, 0.1) is 17.3 Å². The number of nitrogens with zero attached hydrogens (tertiary/aromatic N) is 2. The molecule has 174 valence electrons. The van der Waals surface area contributed by atoms with Gasteiger partial charge in [-0.3, -0.25) is 9.48 Å². The Morgan fingerprint density at radius 2 is 1.53 bits per heavy atom. The lowest BCUT2D eigenvalue weighted by Gasteiger charge is -2.18. The maximum Gasteiger partial charge on any atom is 0.166 e. The molecule has 2 N–H and O–H groups in total. The van der Waals surface area contributed by atoms with Crippen molar-refractivity contribution < 1.29 is 4.79 Å². The Balaban J connectivity index is 0.000000393.